The third kappa shape index (κ3) is 4.07. The molecule has 0 bridgehead atoms. The van der Waals surface area contributed by atoms with Crippen molar-refractivity contribution in [2.75, 3.05) is 6.61 Å². The van der Waals surface area contributed by atoms with Crippen LogP contribution in [-0.4, -0.2) is 37.2 Å². The zero-order valence-electron chi connectivity index (χ0n) is 15.4. The molecule has 2 aromatic carbocycles. The third-order valence-corrected chi connectivity index (χ3v) is 4.34. The van der Waals surface area contributed by atoms with E-state index >= 15 is 0 Å². The minimum Gasteiger partial charge on any atom is -0.364 e. The second-order valence-electron chi connectivity index (χ2n) is 6.43. The van der Waals surface area contributed by atoms with Gasteiger partial charge in [0.25, 0.3) is 0 Å². The van der Waals surface area contributed by atoms with Crippen LogP contribution in [0.1, 0.15) is 17.0 Å². The first-order chi connectivity index (χ1) is 13.7. The van der Waals surface area contributed by atoms with Gasteiger partial charge in [0.15, 0.2) is 0 Å². The quantitative estimate of drug-likeness (QED) is 0.516. The number of ether oxygens (including phenoxy) is 1. The van der Waals surface area contributed by atoms with Crippen molar-refractivity contribution in [1.29, 1.82) is 0 Å². The summed E-state index contributed by atoms with van der Waals surface area (Å²) in [6.07, 6.45) is 3.12. The van der Waals surface area contributed by atoms with Crippen LogP contribution in [0.4, 0.5) is 0 Å². The second-order valence-corrected chi connectivity index (χ2v) is 6.43. The molecule has 28 heavy (non-hydrogen) atoms. The number of benzene rings is 2. The van der Waals surface area contributed by atoms with Crippen LogP contribution in [-0.2, 0) is 22.7 Å². The summed E-state index contributed by atoms with van der Waals surface area (Å²) in [5.41, 5.74) is 4.91. The monoisotopic (exact) mass is 376 g/mol. The van der Waals surface area contributed by atoms with Gasteiger partial charge >= 0.3 is 0 Å². The van der Waals surface area contributed by atoms with Gasteiger partial charge in [-0.2, -0.15) is 5.10 Å². The number of carbonyl (C=O) groups excluding carboxylic acids is 1. The normalized spacial score (nSPS) is 11.0. The fourth-order valence-corrected chi connectivity index (χ4v) is 2.90. The number of aromatic amines is 1. The van der Waals surface area contributed by atoms with Crippen LogP contribution in [0.2, 0.25) is 0 Å². The number of imidazole rings is 1. The van der Waals surface area contributed by atoms with E-state index in [1.807, 2.05) is 49.4 Å². The molecule has 8 nitrogen and oxygen atoms in total. The van der Waals surface area contributed by atoms with Crippen molar-refractivity contribution in [1.82, 2.24) is 30.0 Å². The molecule has 0 saturated heterocycles. The van der Waals surface area contributed by atoms with E-state index in [0.29, 0.717) is 12.4 Å². The second kappa shape index (κ2) is 8.01. The van der Waals surface area contributed by atoms with Gasteiger partial charge in [0, 0.05) is 6.54 Å². The highest BCUT2D eigenvalue weighted by molar-refractivity contribution is 5.78. The third-order valence-electron chi connectivity index (χ3n) is 4.34. The zero-order chi connectivity index (χ0) is 19.3. The molecule has 2 N–H and O–H groups in total. The lowest BCUT2D eigenvalue weighted by atomic mass is 10.2. The van der Waals surface area contributed by atoms with Crippen LogP contribution >= 0.6 is 0 Å². The van der Waals surface area contributed by atoms with Gasteiger partial charge in [0.05, 0.1) is 16.7 Å². The van der Waals surface area contributed by atoms with Crippen molar-refractivity contribution in [2.45, 2.75) is 20.1 Å². The maximum Gasteiger partial charge on any atom is 0.246 e. The largest absolute Gasteiger partial charge is 0.364 e. The predicted octanol–water partition coefficient (Wildman–Crippen LogP) is 2.29. The zero-order valence-corrected chi connectivity index (χ0v) is 15.4. The number of para-hydroxylation sites is 1. The summed E-state index contributed by atoms with van der Waals surface area (Å²) in [6.45, 7) is 2.69. The first-order valence-electron chi connectivity index (χ1n) is 8.91. The lowest BCUT2D eigenvalue weighted by molar-refractivity contribution is -0.126. The highest BCUT2D eigenvalue weighted by Crippen LogP contribution is 2.15. The average molecular weight is 376 g/mol. The van der Waals surface area contributed by atoms with Crippen LogP contribution in [0.3, 0.4) is 0 Å². The maximum absolute atomic E-state index is 12.0. The van der Waals surface area contributed by atoms with E-state index in [1.54, 1.807) is 11.0 Å². The first kappa shape index (κ1) is 17.9. The minimum atomic E-state index is -0.173. The molecule has 0 radical (unpaired) electrons. The van der Waals surface area contributed by atoms with Crippen LogP contribution in [0.15, 0.2) is 55.1 Å². The average Bonchev–Trinajstić information content (AvgIpc) is 3.37. The van der Waals surface area contributed by atoms with Crippen LogP contribution in [0.5, 0.6) is 0 Å². The van der Waals surface area contributed by atoms with Gasteiger partial charge in [-0.1, -0.05) is 24.3 Å². The van der Waals surface area contributed by atoms with Gasteiger partial charge in [-0.05, 0) is 36.2 Å². The first-order valence-corrected chi connectivity index (χ1v) is 8.91. The molecular weight excluding hydrogens is 356 g/mol. The molecule has 0 atom stereocenters. The number of amides is 1. The van der Waals surface area contributed by atoms with Crippen molar-refractivity contribution < 1.29 is 9.53 Å². The summed E-state index contributed by atoms with van der Waals surface area (Å²) in [5, 5.41) is 6.93. The molecule has 4 aromatic rings. The van der Waals surface area contributed by atoms with Gasteiger partial charge in [0.1, 0.15) is 31.7 Å². The molecule has 0 aliphatic heterocycles. The highest BCUT2D eigenvalue weighted by Gasteiger charge is 2.07. The number of aromatic nitrogens is 5. The Bertz CT molecular complexity index is 1070. The van der Waals surface area contributed by atoms with E-state index in [4.69, 9.17) is 4.74 Å². The van der Waals surface area contributed by atoms with E-state index in [-0.39, 0.29) is 19.1 Å². The molecular formula is C20H20N6O2. The Hall–Kier alpha value is -3.52. The van der Waals surface area contributed by atoms with Crippen molar-refractivity contribution >= 4 is 16.9 Å². The molecule has 142 valence electrons. The Morgan fingerprint density at radius 1 is 1.21 bits per heavy atom. The molecule has 4 rings (SSSR count). The fraction of sp³-hybridized carbons (Fsp3) is 0.200. The Kier molecular flexibility index (Phi) is 5.11. The van der Waals surface area contributed by atoms with E-state index in [2.05, 4.69) is 25.4 Å². The minimum absolute atomic E-state index is 0.0208. The predicted molar refractivity (Wildman–Crippen MR) is 104 cm³/mol. The van der Waals surface area contributed by atoms with E-state index in [0.717, 1.165) is 27.8 Å². The highest BCUT2D eigenvalue weighted by atomic mass is 16.5. The van der Waals surface area contributed by atoms with E-state index < -0.39 is 0 Å². The lowest BCUT2D eigenvalue weighted by Gasteiger charge is -2.07. The maximum atomic E-state index is 12.0. The van der Waals surface area contributed by atoms with E-state index in [9.17, 15) is 4.79 Å². The Balaban J connectivity index is 1.23. The number of aryl methyl sites for hydroxylation is 1. The standard InChI is InChI=1S/C20H20N6O2/c1-14-3-2-4-17-20(14)25-18(24-17)10-28-11-19(27)22-9-15-5-7-16(8-6-15)26-13-21-12-23-26/h2-8,12-13H,9-11H2,1H3,(H,22,27)(H,24,25). The number of rotatable bonds is 7. The number of H-pyrrole nitrogens is 1. The van der Waals surface area contributed by atoms with Gasteiger partial charge in [-0.25, -0.2) is 14.6 Å². The SMILES string of the molecule is Cc1cccc2[nH]c(COCC(=O)NCc3ccc(-n4cncn4)cc3)nc12. The van der Waals surface area contributed by atoms with Gasteiger partial charge in [-0.15, -0.1) is 0 Å². The molecule has 0 fully saturated rings. The summed E-state index contributed by atoms with van der Waals surface area (Å²) in [6, 6.07) is 13.7. The molecule has 2 aromatic heterocycles. The smallest absolute Gasteiger partial charge is 0.246 e. The molecule has 0 unspecified atom stereocenters. The van der Waals surface area contributed by atoms with Crippen molar-refractivity contribution in [3.63, 3.8) is 0 Å². The van der Waals surface area contributed by atoms with Crippen molar-refractivity contribution in [3.8, 4) is 5.69 Å². The molecule has 2 heterocycles. The topological polar surface area (TPSA) is 97.7 Å². The molecule has 0 saturated carbocycles. The van der Waals surface area contributed by atoms with Gasteiger partial charge in [0.2, 0.25) is 5.91 Å². The van der Waals surface area contributed by atoms with Crippen molar-refractivity contribution in [3.05, 3.63) is 72.1 Å². The fourth-order valence-electron chi connectivity index (χ4n) is 2.90. The summed E-state index contributed by atoms with van der Waals surface area (Å²) in [5.74, 6) is 0.536. The molecule has 1 amide bonds. The summed E-state index contributed by atoms with van der Waals surface area (Å²) < 4.78 is 7.16. The summed E-state index contributed by atoms with van der Waals surface area (Å²) >= 11 is 0. The Morgan fingerprint density at radius 3 is 2.82 bits per heavy atom. The van der Waals surface area contributed by atoms with Crippen LogP contribution < -0.4 is 5.32 Å². The van der Waals surface area contributed by atoms with Crippen LogP contribution in [0, 0.1) is 6.92 Å². The number of nitrogens with one attached hydrogen (secondary N) is 2. The summed E-state index contributed by atoms with van der Waals surface area (Å²) in [4.78, 5) is 23.6. The lowest BCUT2D eigenvalue weighted by Crippen LogP contribution is -2.27. The van der Waals surface area contributed by atoms with E-state index in [1.165, 1.54) is 6.33 Å². The number of hydrogen-bond acceptors (Lipinski definition) is 5. The van der Waals surface area contributed by atoms with Gasteiger partial charge in [-0.3, -0.25) is 4.79 Å². The number of hydrogen-bond donors (Lipinski definition) is 2. The number of fused-ring (bicyclic) bond motifs is 1. The number of nitrogens with zero attached hydrogens (tertiary/aromatic N) is 4. The molecule has 0 aliphatic carbocycles. The van der Waals surface area contributed by atoms with Crippen molar-refractivity contribution in [2.24, 2.45) is 0 Å². The van der Waals surface area contributed by atoms with Gasteiger partial charge < -0.3 is 15.0 Å². The summed E-state index contributed by atoms with van der Waals surface area (Å²) in [7, 11) is 0. The molecule has 0 spiro atoms. The van der Waals surface area contributed by atoms with Crippen LogP contribution in [0.25, 0.3) is 16.7 Å². The molecule has 8 heteroatoms. The molecule has 0 aliphatic rings. The Morgan fingerprint density at radius 2 is 2.07 bits per heavy atom. The Labute approximate surface area is 161 Å². The number of carbonyl (C=O) groups is 1.